The van der Waals surface area contributed by atoms with E-state index in [4.69, 9.17) is 18.0 Å². The first-order valence-corrected chi connectivity index (χ1v) is 7.78. The predicted octanol–water partition coefficient (Wildman–Crippen LogP) is 2.73. The van der Waals surface area contributed by atoms with Gasteiger partial charge in [-0.3, -0.25) is 4.79 Å². The highest BCUT2D eigenvalue weighted by molar-refractivity contribution is 7.80. The van der Waals surface area contributed by atoms with Crippen LogP contribution >= 0.6 is 12.2 Å². The molecule has 0 aromatic heterocycles. The Bertz CT molecular complexity index is 543. The molecule has 20 heavy (non-hydrogen) atoms. The van der Waals surface area contributed by atoms with E-state index in [-0.39, 0.29) is 5.91 Å². The summed E-state index contributed by atoms with van der Waals surface area (Å²) < 4.78 is 0. The highest BCUT2D eigenvalue weighted by Gasteiger charge is 2.37. The molecule has 2 fully saturated rings. The average molecular weight is 288 g/mol. The molecule has 1 aromatic carbocycles. The molecule has 2 aliphatic rings. The molecule has 1 saturated carbocycles. The van der Waals surface area contributed by atoms with Gasteiger partial charge < -0.3 is 10.6 Å². The number of carbonyl (C=O) groups excluding carboxylic acids is 1. The number of thiocarbonyl (C=S) groups is 1. The van der Waals surface area contributed by atoms with Gasteiger partial charge in [-0.05, 0) is 43.7 Å². The molecular weight excluding hydrogens is 268 g/mol. The predicted molar refractivity (Wildman–Crippen MR) is 83.7 cm³/mol. The van der Waals surface area contributed by atoms with Crippen LogP contribution < -0.4 is 5.73 Å². The molecule has 0 spiro atoms. The van der Waals surface area contributed by atoms with Gasteiger partial charge in [-0.1, -0.05) is 30.8 Å². The number of carbonyl (C=O) groups is 1. The summed E-state index contributed by atoms with van der Waals surface area (Å²) in [6, 6.07) is 7.85. The molecule has 2 atom stereocenters. The first-order chi connectivity index (χ1) is 9.66. The van der Waals surface area contributed by atoms with Crippen LogP contribution in [0.1, 0.15) is 48.0 Å². The van der Waals surface area contributed by atoms with E-state index in [9.17, 15) is 4.79 Å². The van der Waals surface area contributed by atoms with Crippen molar-refractivity contribution in [2.24, 2.45) is 11.7 Å². The first-order valence-electron chi connectivity index (χ1n) is 7.37. The lowest BCUT2D eigenvalue weighted by Crippen LogP contribution is -2.46. The highest BCUT2D eigenvalue weighted by atomic mass is 32.1. The molecule has 2 N–H and O–H groups in total. The van der Waals surface area contributed by atoms with E-state index in [1.807, 2.05) is 24.3 Å². The van der Waals surface area contributed by atoms with Crippen molar-refractivity contribution in [1.82, 2.24) is 4.90 Å². The van der Waals surface area contributed by atoms with Crippen molar-refractivity contribution in [3.8, 4) is 0 Å². The number of likely N-dealkylation sites (tertiary alicyclic amines) is 1. The number of nitrogens with two attached hydrogens (primary N) is 1. The van der Waals surface area contributed by atoms with Crippen LogP contribution in [-0.4, -0.2) is 28.4 Å². The lowest BCUT2D eigenvalue weighted by atomic mass is 9.91. The Balaban J connectivity index is 1.84. The molecule has 1 aliphatic heterocycles. The van der Waals surface area contributed by atoms with E-state index in [1.165, 1.54) is 19.3 Å². The largest absolute Gasteiger partial charge is 0.389 e. The maximum absolute atomic E-state index is 12.8. The van der Waals surface area contributed by atoms with Crippen LogP contribution in [0.3, 0.4) is 0 Å². The Morgan fingerprint density at radius 3 is 2.75 bits per heavy atom. The number of fused-ring (bicyclic) bond motifs is 1. The Kier molecular flexibility index (Phi) is 3.74. The Hall–Kier alpha value is -1.42. The van der Waals surface area contributed by atoms with Crippen LogP contribution in [0, 0.1) is 5.92 Å². The van der Waals surface area contributed by atoms with Crippen molar-refractivity contribution >= 4 is 23.1 Å². The minimum absolute atomic E-state index is 0.139. The Labute approximate surface area is 125 Å². The van der Waals surface area contributed by atoms with Gasteiger partial charge in [0.05, 0.1) is 0 Å². The molecule has 1 aromatic rings. The zero-order chi connectivity index (χ0) is 14.1. The van der Waals surface area contributed by atoms with Crippen LogP contribution in [0.15, 0.2) is 24.3 Å². The molecule has 1 heterocycles. The lowest BCUT2D eigenvalue weighted by Gasteiger charge is -2.38. The number of rotatable bonds is 2. The summed E-state index contributed by atoms with van der Waals surface area (Å²) in [5.41, 5.74) is 7.13. The number of hydrogen-bond donors (Lipinski definition) is 1. The van der Waals surface area contributed by atoms with E-state index in [2.05, 4.69) is 4.90 Å². The third kappa shape index (κ3) is 2.44. The van der Waals surface area contributed by atoms with Crippen molar-refractivity contribution in [2.75, 3.05) is 6.54 Å². The van der Waals surface area contributed by atoms with Crippen LogP contribution in [0.25, 0.3) is 0 Å². The van der Waals surface area contributed by atoms with Gasteiger partial charge in [0, 0.05) is 23.7 Å². The zero-order valence-corrected chi connectivity index (χ0v) is 12.4. The van der Waals surface area contributed by atoms with Gasteiger partial charge >= 0.3 is 0 Å². The molecule has 0 bridgehead atoms. The smallest absolute Gasteiger partial charge is 0.254 e. The van der Waals surface area contributed by atoms with Crippen molar-refractivity contribution in [1.29, 1.82) is 0 Å². The van der Waals surface area contributed by atoms with E-state index in [1.54, 1.807) is 0 Å². The van der Waals surface area contributed by atoms with Crippen LogP contribution in [0.4, 0.5) is 0 Å². The number of piperidine rings is 1. The molecule has 3 nitrogen and oxygen atoms in total. The average Bonchev–Trinajstić information content (AvgIpc) is 2.95. The van der Waals surface area contributed by atoms with E-state index < -0.39 is 0 Å². The summed E-state index contributed by atoms with van der Waals surface area (Å²) in [6.45, 7) is 0.886. The second-order valence-corrected chi connectivity index (χ2v) is 6.28. The molecular formula is C16H20N2OS. The minimum atomic E-state index is 0.139. The third-order valence-corrected chi connectivity index (χ3v) is 4.88. The number of benzene rings is 1. The summed E-state index contributed by atoms with van der Waals surface area (Å²) >= 11 is 4.99. The standard InChI is InChI=1S/C16H20N2OS/c17-15(20)12-5-1-6-13(10-12)16(19)18-9-3-7-11-4-2-8-14(11)18/h1,5-6,10-11,14H,2-4,7-9H2,(H2,17,20). The SMILES string of the molecule is NC(=S)c1cccc(C(=O)N2CCCC3CCCC32)c1. The maximum Gasteiger partial charge on any atom is 0.254 e. The number of nitrogens with zero attached hydrogens (tertiary/aromatic N) is 1. The van der Waals surface area contributed by atoms with E-state index in [0.717, 1.165) is 24.9 Å². The topological polar surface area (TPSA) is 46.3 Å². The fourth-order valence-corrected chi connectivity index (χ4v) is 3.80. The normalized spacial score (nSPS) is 25.3. The van der Waals surface area contributed by atoms with E-state index >= 15 is 0 Å². The summed E-state index contributed by atoms with van der Waals surface area (Å²) in [7, 11) is 0. The van der Waals surface area contributed by atoms with Gasteiger partial charge in [0.2, 0.25) is 0 Å². The zero-order valence-electron chi connectivity index (χ0n) is 11.5. The molecule has 106 valence electrons. The van der Waals surface area contributed by atoms with Crippen molar-refractivity contribution in [2.45, 2.75) is 38.1 Å². The summed E-state index contributed by atoms with van der Waals surface area (Å²) in [5.74, 6) is 0.853. The molecule has 3 rings (SSSR count). The Morgan fingerprint density at radius 1 is 1.20 bits per heavy atom. The van der Waals surface area contributed by atoms with Crippen molar-refractivity contribution in [3.05, 3.63) is 35.4 Å². The van der Waals surface area contributed by atoms with Gasteiger partial charge in [-0.25, -0.2) is 0 Å². The van der Waals surface area contributed by atoms with Gasteiger partial charge in [0.15, 0.2) is 0 Å². The maximum atomic E-state index is 12.8. The van der Waals surface area contributed by atoms with E-state index in [0.29, 0.717) is 22.5 Å². The van der Waals surface area contributed by atoms with Crippen LogP contribution in [-0.2, 0) is 0 Å². The molecule has 2 unspecified atom stereocenters. The summed E-state index contributed by atoms with van der Waals surface area (Å²) in [6.07, 6.45) is 6.10. The van der Waals surface area contributed by atoms with Crippen molar-refractivity contribution in [3.63, 3.8) is 0 Å². The fraction of sp³-hybridized carbons (Fsp3) is 0.500. The minimum Gasteiger partial charge on any atom is -0.389 e. The first kappa shape index (κ1) is 13.6. The monoisotopic (exact) mass is 288 g/mol. The molecule has 1 aliphatic carbocycles. The quantitative estimate of drug-likeness (QED) is 0.851. The van der Waals surface area contributed by atoms with Crippen LogP contribution in [0.5, 0.6) is 0 Å². The Morgan fingerprint density at radius 2 is 1.95 bits per heavy atom. The highest BCUT2D eigenvalue weighted by Crippen LogP contribution is 2.37. The third-order valence-electron chi connectivity index (χ3n) is 4.65. The molecule has 4 heteroatoms. The lowest BCUT2D eigenvalue weighted by molar-refractivity contribution is 0.0548. The van der Waals surface area contributed by atoms with Crippen molar-refractivity contribution < 1.29 is 4.79 Å². The van der Waals surface area contributed by atoms with Gasteiger partial charge in [0.1, 0.15) is 4.99 Å². The molecule has 1 amide bonds. The number of hydrogen-bond acceptors (Lipinski definition) is 2. The van der Waals surface area contributed by atoms with Crippen LogP contribution in [0.2, 0.25) is 0 Å². The molecule has 1 saturated heterocycles. The summed E-state index contributed by atoms with van der Waals surface area (Å²) in [4.78, 5) is 15.2. The van der Waals surface area contributed by atoms with Gasteiger partial charge in [0.25, 0.3) is 5.91 Å². The van der Waals surface area contributed by atoms with Gasteiger partial charge in [-0.15, -0.1) is 0 Å². The second kappa shape index (κ2) is 5.52. The fourth-order valence-electron chi connectivity index (χ4n) is 3.68. The molecule has 0 radical (unpaired) electrons. The summed E-state index contributed by atoms with van der Waals surface area (Å²) in [5, 5.41) is 0. The van der Waals surface area contributed by atoms with Gasteiger partial charge in [-0.2, -0.15) is 0 Å². The number of amides is 1. The second-order valence-electron chi connectivity index (χ2n) is 5.84.